The lowest BCUT2D eigenvalue weighted by atomic mass is 9.79. The van der Waals surface area contributed by atoms with Crippen LogP contribution in [-0.4, -0.2) is 27.8 Å². The number of aromatic nitrogens is 2. The van der Waals surface area contributed by atoms with Gasteiger partial charge in [-0.2, -0.15) is 10.4 Å². The molecule has 0 N–H and O–H groups in total. The average molecular weight is 246 g/mol. The molecule has 0 saturated carbocycles. The minimum absolute atomic E-state index is 0.227. The molecular formula is C14H22N4. The summed E-state index contributed by atoms with van der Waals surface area (Å²) in [6.07, 6.45) is 2.98. The number of hydrogen-bond donors (Lipinski definition) is 0. The molecule has 4 nitrogen and oxygen atoms in total. The zero-order valence-electron chi connectivity index (χ0n) is 11.5. The fraction of sp³-hybridized carbons (Fsp3) is 0.714. The number of nitriles is 1. The molecule has 4 heteroatoms. The third kappa shape index (κ3) is 2.91. The standard InChI is InChI=1S/C14H22N4/c1-11(2)14-10-18(7-4-12(14)8-15)9-13-5-6-17(3)16-13/h5-6,11-12,14H,4,7,9-10H2,1-3H3. The summed E-state index contributed by atoms with van der Waals surface area (Å²) >= 11 is 0. The number of hydrogen-bond acceptors (Lipinski definition) is 3. The molecule has 0 aromatic carbocycles. The van der Waals surface area contributed by atoms with Crippen molar-refractivity contribution in [2.75, 3.05) is 13.1 Å². The third-order valence-electron chi connectivity index (χ3n) is 3.92. The molecule has 2 heterocycles. The van der Waals surface area contributed by atoms with E-state index in [2.05, 4.69) is 36.0 Å². The van der Waals surface area contributed by atoms with Crippen molar-refractivity contribution < 1.29 is 0 Å². The monoisotopic (exact) mass is 246 g/mol. The number of rotatable bonds is 3. The molecule has 1 aromatic heterocycles. The first-order valence-corrected chi connectivity index (χ1v) is 6.70. The first kappa shape index (κ1) is 13.1. The Morgan fingerprint density at radius 3 is 2.89 bits per heavy atom. The minimum atomic E-state index is 0.227. The lowest BCUT2D eigenvalue weighted by molar-refractivity contribution is 0.107. The van der Waals surface area contributed by atoms with Gasteiger partial charge in [0.05, 0.1) is 17.7 Å². The summed E-state index contributed by atoms with van der Waals surface area (Å²) in [5.74, 6) is 1.29. The fourth-order valence-electron chi connectivity index (χ4n) is 2.81. The van der Waals surface area contributed by atoms with Crippen LogP contribution in [0, 0.1) is 29.1 Å². The van der Waals surface area contributed by atoms with E-state index in [-0.39, 0.29) is 5.92 Å². The summed E-state index contributed by atoms with van der Waals surface area (Å²) < 4.78 is 1.84. The van der Waals surface area contributed by atoms with Gasteiger partial charge in [-0.1, -0.05) is 13.8 Å². The van der Waals surface area contributed by atoms with Crippen LogP contribution in [0.3, 0.4) is 0 Å². The summed E-state index contributed by atoms with van der Waals surface area (Å²) in [7, 11) is 1.95. The van der Waals surface area contributed by atoms with Crippen LogP contribution in [0.1, 0.15) is 26.0 Å². The van der Waals surface area contributed by atoms with Crippen molar-refractivity contribution in [1.29, 1.82) is 5.26 Å². The van der Waals surface area contributed by atoms with Crippen LogP contribution < -0.4 is 0 Å². The number of piperidine rings is 1. The largest absolute Gasteiger partial charge is 0.297 e. The molecule has 1 aliphatic heterocycles. The lowest BCUT2D eigenvalue weighted by Crippen LogP contribution is -2.41. The fourth-order valence-corrected chi connectivity index (χ4v) is 2.81. The van der Waals surface area contributed by atoms with E-state index in [1.807, 2.05) is 17.9 Å². The highest BCUT2D eigenvalue weighted by molar-refractivity contribution is 5.00. The van der Waals surface area contributed by atoms with E-state index in [0.29, 0.717) is 11.8 Å². The lowest BCUT2D eigenvalue weighted by Gasteiger charge is -2.37. The molecule has 0 aliphatic carbocycles. The Bertz CT molecular complexity index is 429. The molecule has 0 amide bonds. The van der Waals surface area contributed by atoms with Crippen LogP contribution >= 0.6 is 0 Å². The first-order chi connectivity index (χ1) is 8.60. The van der Waals surface area contributed by atoms with Crippen molar-refractivity contribution in [3.63, 3.8) is 0 Å². The van der Waals surface area contributed by atoms with Crippen molar-refractivity contribution >= 4 is 0 Å². The molecule has 2 atom stereocenters. The van der Waals surface area contributed by atoms with Crippen LogP contribution in [0.4, 0.5) is 0 Å². The first-order valence-electron chi connectivity index (χ1n) is 6.70. The van der Waals surface area contributed by atoms with Gasteiger partial charge in [-0.05, 0) is 30.9 Å². The second kappa shape index (κ2) is 5.53. The molecular weight excluding hydrogens is 224 g/mol. The third-order valence-corrected chi connectivity index (χ3v) is 3.92. The van der Waals surface area contributed by atoms with Gasteiger partial charge in [-0.15, -0.1) is 0 Å². The number of aryl methyl sites for hydroxylation is 1. The van der Waals surface area contributed by atoms with Gasteiger partial charge in [0.1, 0.15) is 0 Å². The highest BCUT2D eigenvalue weighted by atomic mass is 15.3. The van der Waals surface area contributed by atoms with Gasteiger partial charge in [0.15, 0.2) is 0 Å². The maximum Gasteiger partial charge on any atom is 0.0764 e. The zero-order valence-corrected chi connectivity index (χ0v) is 11.5. The van der Waals surface area contributed by atoms with E-state index in [1.54, 1.807) is 0 Å². The Morgan fingerprint density at radius 1 is 1.56 bits per heavy atom. The Balaban J connectivity index is 1.98. The molecule has 1 fully saturated rings. The molecule has 18 heavy (non-hydrogen) atoms. The van der Waals surface area contributed by atoms with E-state index < -0.39 is 0 Å². The van der Waals surface area contributed by atoms with Crippen molar-refractivity contribution in [3.05, 3.63) is 18.0 Å². The average Bonchev–Trinajstić information content (AvgIpc) is 2.74. The number of nitrogens with zero attached hydrogens (tertiary/aromatic N) is 4. The van der Waals surface area contributed by atoms with Gasteiger partial charge >= 0.3 is 0 Å². The van der Waals surface area contributed by atoms with Gasteiger partial charge in [-0.3, -0.25) is 9.58 Å². The SMILES string of the molecule is CC(C)C1CN(Cc2ccn(C)n2)CCC1C#N. The summed E-state index contributed by atoms with van der Waals surface area (Å²) in [4.78, 5) is 2.43. The van der Waals surface area contributed by atoms with E-state index in [9.17, 15) is 5.26 Å². The summed E-state index contributed by atoms with van der Waals surface area (Å²) in [6, 6.07) is 4.55. The zero-order chi connectivity index (χ0) is 13.1. The smallest absolute Gasteiger partial charge is 0.0764 e. The Labute approximate surface area is 109 Å². The van der Waals surface area contributed by atoms with Gasteiger partial charge in [0.25, 0.3) is 0 Å². The van der Waals surface area contributed by atoms with Crippen molar-refractivity contribution in [1.82, 2.24) is 14.7 Å². The van der Waals surface area contributed by atoms with Gasteiger partial charge in [0.2, 0.25) is 0 Å². The maximum absolute atomic E-state index is 9.21. The molecule has 1 saturated heterocycles. The van der Waals surface area contributed by atoms with Gasteiger partial charge in [-0.25, -0.2) is 0 Å². The van der Waals surface area contributed by atoms with Crippen LogP contribution in [0.15, 0.2) is 12.3 Å². The normalized spacial score (nSPS) is 25.3. The topological polar surface area (TPSA) is 44.9 Å². The minimum Gasteiger partial charge on any atom is -0.297 e. The molecule has 0 bridgehead atoms. The molecule has 2 unspecified atom stereocenters. The maximum atomic E-state index is 9.21. The quantitative estimate of drug-likeness (QED) is 0.820. The van der Waals surface area contributed by atoms with Gasteiger partial charge in [0, 0.05) is 26.3 Å². The molecule has 98 valence electrons. The summed E-state index contributed by atoms with van der Waals surface area (Å²) in [5.41, 5.74) is 1.12. The molecule has 0 radical (unpaired) electrons. The Kier molecular flexibility index (Phi) is 4.03. The number of likely N-dealkylation sites (tertiary alicyclic amines) is 1. The highest BCUT2D eigenvalue weighted by Gasteiger charge is 2.31. The highest BCUT2D eigenvalue weighted by Crippen LogP contribution is 2.29. The second-order valence-electron chi connectivity index (χ2n) is 5.65. The predicted octanol–water partition coefficient (Wildman–Crippen LogP) is 2.04. The Morgan fingerprint density at radius 2 is 2.33 bits per heavy atom. The van der Waals surface area contributed by atoms with E-state index in [1.165, 1.54) is 0 Å². The molecule has 1 aliphatic rings. The van der Waals surface area contributed by atoms with E-state index in [0.717, 1.165) is 31.7 Å². The van der Waals surface area contributed by atoms with Crippen LogP contribution in [0.25, 0.3) is 0 Å². The van der Waals surface area contributed by atoms with Crippen LogP contribution in [-0.2, 0) is 13.6 Å². The van der Waals surface area contributed by atoms with E-state index >= 15 is 0 Å². The predicted molar refractivity (Wildman–Crippen MR) is 70.5 cm³/mol. The van der Waals surface area contributed by atoms with Crippen LogP contribution in [0.5, 0.6) is 0 Å². The van der Waals surface area contributed by atoms with E-state index in [4.69, 9.17) is 0 Å². The van der Waals surface area contributed by atoms with Gasteiger partial charge < -0.3 is 0 Å². The second-order valence-corrected chi connectivity index (χ2v) is 5.65. The molecule has 2 rings (SSSR count). The summed E-state index contributed by atoms with van der Waals surface area (Å²) in [6.45, 7) is 7.38. The van der Waals surface area contributed by atoms with Crippen molar-refractivity contribution in [2.24, 2.45) is 24.8 Å². The molecule has 0 spiro atoms. The molecule has 1 aromatic rings. The van der Waals surface area contributed by atoms with Crippen molar-refractivity contribution in [3.8, 4) is 6.07 Å². The van der Waals surface area contributed by atoms with Crippen LogP contribution in [0.2, 0.25) is 0 Å². The summed E-state index contributed by atoms with van der Waals surface area (Å²) in [5, 5.41) is 13.6. The Hall–Kier alpha value is -1.34. The van der Waals surface area contributed by atoms with Crippen molar-refractivity contribution in [2.45, 2.75) is 26.8 Å².